The zero-order valence-electron chi connectivity index (χ0n) is 9.71. The molecule has 1 aromatic rings. The van der Waals surface area contributed by atoms with E-state index >= 15 is 0 Å². The molecule has 1 aromatic carbocycles. The van der Waals surface area contributed by atoms with Crippen LogP contribution in [0.5, 0.6) is 0 Å². The average molecular weight is 204 g/mol. The van der Waals surface area contributed by atoms with Gasteiger partial charge in [0.05, 0.1) is 5.60 Å². The van der Waals surface area contributed by atoms with E-state index in [4.69, 9.17) is 0 Å². The van der Waals surface area contributed by atoms with Crippen LogP contribution in [0.25, 0.3) is 0 Å². The van der Waals surface area contributed by atoms with Crippen LogP contribution in [0.4, 0.5) is 0 Å². The molecule has 0 aliphatic heterocycles. The molecular weight excluding hydrogens is 184 g/mol. The van der Waals surface area contributed by atoms with Gasteiger partial charge in [-0.25, -0.2) is 0 Å². The summed E-state index contributed by atoms with van der Waals surface area (Å²) in [6, 6.07) is 6.52. The van der Waals surface area contributed by atoms with E-state index in [-0.39, 0.29) is 0 Å². The molecule has 0 radical (unpaired) electrons. The summed E-state index contributed by atoms with van der Waals surface area (Å²) >= 11 is 0. The molecule has 0 heterocycles. The summed E-state index contributed by atoms with van der Waals surface area (Å²) in [6.45, 7) is 4.26. The monoisotopic (exact) mass is 204 g/mol. The Bertz CT molecular complexity index is 348. The minimum atomic E-state index is -0.415. The molecule has 1 aliphatic rings. The Morgan fingerprint density at radius 3 is 2.40 bits per heavy atom. The smallest absolute Gasteiger partial charge is 0.0688 e. The molecule has 82 valence electrons. The fraction of sp³-hybridized carbons (Fsp3) is 0.571. The summed E-state index contributed by atoms with van der Waals surface area (Å²) in [7, 11) is 0. The van der Waals surface area contributed by atoms with Crippen LogP contribution in [0.1, 0.15) is 42.4 Å². The van der Waals surface area contributed by atoms with E-state index in [1.165, 1.54) is 29.5 Å². The lowest BCUT2D eigenvalue weighted by Crippen LogP contribution is -2.27. The van der Waals surface area contributed by atoms with Crippen LogP contribution in [0, 0.1) is 13.8 Å². The van der Waals surface area contributed by atoms with Crippen molar-refractivity contribution in [3.8, 4) is 0 Å². The first kappa shape index (κ1) is 10.7. The van der Waals surface area contributed by atoms with Crippen LogP contribution < -0.4 is 0 Å². The Balaban J connectivity index is 2.13. The predicted molar refractivity (Wildman–Crippen MR) is 63.0 cm³/mol. The molecule has 1 nitrogen and oxygen atoms in total. The van der Waals surface area contributed by atoms with Crippen molar-refractivity contribution in [1.29, 1.82) is 0 Å². The molecule has 1 aliphatic carbocycles. The van der Waals surface area contributed by atoms with Crippen molar-refractivity contribution in [1.82, 2.24) is 0 Å². The average Bonchev–Trinajstić information content (AvgIpc) is 2.59. The van der Waals surface area contributed by atoms with Crippen molar-refractivity contribution in [2.45, 2.75) is 51.6 Å². The Morgan fingerprint density at radius 1 is 1.13 bits per heavy atom. The van der Waals surface area contributed by atoms with Gasteiger partial charge in [0, 0.05) is 6.42 Å². The second-order valence-corrected chi connectivity index (χ2v) is 5.03. The quantitative estimate of drug-likeness (QED) is 0.784. The first-order valence-corrected chi connectivity index (χ1v) is 5.88. The highest BCUT2D eigenvalue weighted by atomic mass is 16.3. The van der Waals surface area contributed by atoms with Gasteiger partial charge in [-0.05, 0) is 43.4 Å². The van der Waals surface area contributed by atoms with E-state index < -0.39 is 5.60 Å². The van der Waals surface area contributed by atoms with Gasteiger partial charge in [0.2, 0.25) is 0 Å². The molecule has 1 N–H and O–H groups in total. The lowest BCUT2D eigenvalue weighted by Gasteiger charge is -2.22. The maximum atomic E-state index is 10.3. The van der Waals surface area contributed by atoms with Gasteiger partial charge in [0.25, 0.3) is 0 Å². The molecule has 0 atom stereocenters. The number of aryl methyl sites for hydroxylation is 2. The first-order chi connectivity index (χ1) is 7.09. The van der Waals surface area contributed by atoms with Crippen molar-refractivity contribution < 1.29 is 5.11 Å². The third kappa shape index (κ3) is 2.40. The highest BCUT2D eigenvalue weighted by Crippen LogP contribution is 2.32. The molecule has 0 saturated heterocycles. The maximum Gasteiger partial charge on any atom is 0.0688 e. The van der Waals surface area contributed by atoms with Crippen molar-refractivity contribution in [3.05, 3.63) is 34.9 Å². The zero-order chi connectivity index (χ0) is 10.9. The molecule has 0 unspecified atom stereocenters. The van der Waals surface area contributed by atoms with Gasteiger partial charge in [-0.3, -0.25) is 0 Å². The van der Waals surface area contributed by atoms with Gasteiger partial charge in [-0.1, -0.05) is 31.0 Å². The normalized spacial score (nSPS) is 19.4. The zero-order valence-corrected chi connectivity index (χ0v) is 9.71. The lowest BCUT2D eigenvalue weighted by atomic mass is 9.91. The largest absolute Gasteiger partial charge is 0.390 e. The summed E-state index contributed by atoms with van der Waals surface area (Å²) in [6.07, 6.45) is 5.14. The first-order valence-electron chi connectivity index (χ1n) is 5.88. The molecule has 0 aromatic heterocycles. The van der Waals surface area contributed by atoms with Crippen LogP contribution in [-0.2, 0) is 6.42 Å². The third-order valence-corrected chi connectivity index (χ3v) is 3.64. The van der Waals surface area contributed by atoms with Crippen LogP contribution in [0.2, 0.25) is 0 Å². The third-order valence-electron chi connectivity index (χ3n) is 3.64. The summed E-state index contributed by atoms with van der Waals surface area (Å²) in [5.74, 6) is 0. The van der Waals surface area contributed by atoms with Crippen LogP contribution in [-0.4, -0.2) is 10.7 Å². The number of rotatable bonds is 2. The molecule has 2 rings (SSSR count). The fourth-order valence-electron chi connectivity index (χ4n) is 2.50. The van der Waals surface area contributed by atoms with Gasteiger partial charge in [0.15, 0.2) is 0 Å². The SMILES string of the molecule is Cc1ccc(CC2(O)CCCC2)cc1C. The fourth-order valence-corrected chi connectivity index (χ4v) is 2.50. The molecule has 15 heavy (non-hydrogen) atoms. The van der Waals surface area contributed by atoms with Crippen molar-refractivity contribution >= 4 is 0 Å². The van der Waals surface area contributed by atoms with E-state index in [2.05, 4.69) is 32.0 Å². The highest BCUT2D eigenvalue weighted by molar-refractivity contribution is 5.30. The van der Waals surface area contributed by atoms with Gasteiger partial charge in [0.1, 0.15) is 0 Å². The molecule has 1 heteroatoms. The second kappa shape index (κ2) is 3.97. The van der Waals surface area contributed by atoms with E-state index in [1.54, 1.807) is 0 Å². The summed E-state index contributed by atoms with van der Waals surface area (Å²) in [4.78, 5) is 0. The molecule has 1 saturated carbocycles. The molecule has 1 fully saturated rings. The summed E-state index contributed by atoms with van der Waals surface area (Å²) in [5, 5.41) is 10.3. The Labute approximate surface area is 92.1 Å². The number of hydrogen-bond acceptors (Lipinski definition) is 1. The summed E-state index contributed by atoms with van der Waals surface area (Å²) in [5.41, 5.74) is 3.52. The molecular formula is C14H20O. The molecule has 0 bridgehead atoms. The van der Waals surface area contributed by atoms with E-state index in [9.17, 15) is 5.11 Å². The Morgan fingerprint density at radius 2 is 1.80 bits per heavy atom. The molecule has 0 spiro atoms. The molecule has 0 amide bonds. The highest BCUT2D eigenvalue weighted by Gasteiger charge is 2.30. The van der Waals surface area contributed by atoms with Gasteiger partial charge >= 0.3 is 0 Å². The van der Waals surface area contributed by atoms with Crippen LogP contribution in [0.3, 0.4) is 0 Å². The maximum absolute atomic E-state index is 10.3. The summed E-state index contributed by atoms with van der Waals surface area (Å²) < 4.78 is 0. The minimum absolute atomic E-state index is 0.415. The number of hydrogen-bond donors (Lipinski definition) is 1. The van der Waals surface area contributed by atoms with Crippen molar-refractivity contribution in [2.75, 3.05) is 0 Å². The Kier molecular flexibility index (Phi) is 2.83. The van der Waals surface area contributed by atoms with Gasteiger partial charge in [-0.2, -0.15) is 0 Å². The lowest BCUT2D eigenvalue weighted by molar-refractivity contribution is 0.0482. The van der Waals surface area contributed by atoms with Crippen molar-refractivity contribution in [3.63, 3.8) is 0 Å². The standard InChI is InChI=1S/C14H20O/c1-11-5-6-13(9-12(11)2)10-14(15)7-3-4-8-14/h5-6,9,15H,3-4,7-8,10H2,1-2H3. The van der Waals surface area contributed by atoms with Crippen LogP contribution >= 0.6 is 0 Å². The Hall–Kier alpha value is -0.820. The topological polar surface area (TPSA) is 20.2 Å². The number of aliphatic hydroxyl groups is 1. The van der Waals surface area contributed by atoms with E-state index in [0.717, 1.165) is 19.3 Å². The predicted octanol–water partition coefficient (Wildman–Crippen LogP) is 3.15. The number of benzene rings is 1. The van der Waals surface area contributed by atoms with E-state index in [0.29, 0.717) is 0 Å². The van der Waals surface area contributed by atoms with E-state index in [1.807, 2.05) is 0 Å². The minimum Gasteiger partial charge on any atom is -0.390 e. The van der Waals surface area contributed by atoms with Gasteiger partial charge < -0.3 is 5.11 Å². The van der Waals surface area contributed by atoms with Gasteiger partial charge in [-0.15, -0.1) is 0 Å². The van der Waals surface area contributed by atoms with Crippen LogP contribution in [0.15, 0.2) is 18.2 Å². The van der Waals surface area contributed by atoms with Crippen molar-refractivity contribution in [2.24, 2.45) is 0 Å². The second-order valence-electron chi connectivity index (χ2n) is 5.03.